The van der Waals surface area contributed by atoms with Crippen LogP contribution in [-0.4, -0.2) is 57.4 Å². The van der Waals surface area contributed by atoms with E-state index in [0.29, 0.717) is 0 Å². The van der Waals surface area contributed by atoms with Crippen molar-refractivity contribution in [1.29, 1.82) is 0 Å². The molecule has 1 aliphatic heterocycles. The number of fused-ring (bicyclic) bond motifs is 3. The van der Waals surface area contributed by atoms with Gasteiger partial charge in [0, 0.05) is 24.1 Å². The van der Waals surface area contributed by atoms with Crippen LogP contribution in [0.25, 0.3) is 0 Å². The molecule has 2 aromatic rings. The van der Waals surface area contributed by atoms with Crippen molar-refractivity contribution in [3.63, 3.8) is 0 Å². The highest BCUT2D eigenvalue weighted by atomic mass is 31.2. The van der Waals surface area contributed by atoms with Gasteiger partial charge in [0.2, 0.25) is 5.85 Å². The van der Waals surface area contributed by atoms with Gasteiger partial charge in [-0.3, -0.25) is 13.9 Å². The molecule has 0 bridgehead atoms. The molecule has 0 radical (unpaired) electrons. The molecule has 8 atom stereocenters. The van der Waals surface area contributed by atoms with Crippen molar-refractivity contribution in [2.45, 2.75) is 57.3 Å². The van der Waals surface area contributed by atoms with Crippen molar-refractivity contribution in [3.8, 4) is 5.75 Å². The molecule has 5 rings (SSSR count). The fourth-order valence-electron chi connectivity index (χ4n) is 6.07. The van der Waals surface area contributed by atoms with Gasteiger partial charge < -0.3 is 24.8 Å². The molecule has 14 heteroatoms. The van der Waals surface area contributed by atoms with Crippen LogP contribution in [0.4, 0.5) is 10.2 Å². The van der Waals surface area contributed by atoms with Gasteiger partial charge >= 0.3 is 19.4 Å². The normalized spacial score (nSPS) is 34.5. The van der Waals surface area contributed by atoms with E-state index in [4.69, 9.17) is 24.3 Å². The summed E-state index contributed by atoms with van der Waals surface area (Å²) in [6.45, 7) is 5.74. The van der Waals surface area contributed by atoms with Gasteiger partial charge in [-0.2, -0.15) is 10.1 Å². The van der Waals surface area contributed by atoms with Crippen LogP contribution in [0.2, 0.25) is 0 Å². The Labute approximate surface area is 224 Å². The first kappa shape index (κ1) is 27.7. The van der Waals surface area contributed by atoms with E-state index >= 15 is 4.39 Å². The molecular weight excluding hydrogens is 534 g/mol. The number of carbonyl (C=O) groups is 1. The molecule has 1 aromatic carbocycles. The number of anilines is 1. The van der Waals surface area contributed by atoms with Crippen LogP contribution >= 0.6 is 7.75 Å². The first-order valence-corrected chi connectivity index (χ1v) is 14.2. The van der Waals surface area contributed by atoms with Crippen LogP contribution in [0.5, 0.6) is 5.75 Å². The van der Waals surface area contributed by atoms with Crippen LogP contribution in [-0.2, 0) is 23.4 Å². The zero-order valence-electron chi connectivity index (χ0n) is 21.9. The molecule has 12 nitrogen and oxygen atoms in total. The van der Waals surface area contributed by atoms with Gasteiger partial charge in [-0.15, -0.1) is 0 Å². The third kappa shape index (κ3) is 4.36. The second kappa shape index (κ2) is 9.38. The minimum atomic E-state index is -4.28. The summed E-state index contributed by atoms with van der Waals surface area (Å²) in [4.78, 5) is 28.6. The van der Waals surface area contributed by atoms with Gasteiger partial charge in [-0.1, -0.05) is 18.2 Å². The van der Waals surface area contributed by atoms with E-state index in [0.717, 1.165) is 4.57 Å². The number of aliphatic hydroxyl groups excluding tert-OH is 1. The fourth-order valence-corrected chi connectivity index (χ4v) is 7.61. The fraction of sp³-hybridized carbons (Fsp3) is 0.560. The predicted molar refractivity (Wildman–Crippen MR) is 136 cm³/mol. The third-order valence-electron chi connectivity index (χ3n) is 7.92. The molecule has 0 spiro atoms. The summed E-state index contributed by atoms with van der Waals surface area (Å²) in [5.74, 6) is -4.18. The number of nitrogens with zero attached hydrogens (tertiary/aromatic N) is 2. The third-order valence-corrected chi connectivity index (χ3v) is 9.54. The summed E-state index contributed by atoms with van der Waals surface area (Å²) in [5.41, 5.74) is 2.54. The summed E-state index contributed by atoms with van der Waals surface area (Å²) in [6.07, 6.45) is 0.938. The summed E-state index contributed by atoms with van der Waals surface area (Å²) >= 11 is 0. The number of aliphatic hydroxyl groups is 1. The van der Waals surface area contributed by atoms with E-state index in [1.807, 2.05) is 0 Å². The number of halogens is 1. The van der Waals surface area contributed by atoms with Gasteiger partial charge in [-0.05, 0) is 45.9 Å². The highest BCUT2D eigenvalue weighted by Crippen LogP contribution is 2.87. The van der Waals surface area contributed by atoms with E-state index in [1.54, 1.807) is 51.1 Å². The lowest BCUT2D eigenvalue weighted by Crippen LogP contribution is -2.37. The molecule has 3 aliphatic rings. The number of benzene rings is 1. The molecule has 0 amide bonds. The molecule has 2 saturated carbocycles. The molecule has 1 aromatic heterocycles. The summed E-state index contributed by atoms with van der Waals surface area (Å²) in [7, 11) is -4.28. The van der Waals surface area contributed by atoms with Gasteiger partial charge in [0.1, 0.15) is 23.7 Å². The molecule has 3 fully saturated rings. The first-order chi connectivity index (χ1) is 18.3. The van der Waals surface area contributed by atoms with Crippen molar-refractivity contribution in [2.24, 2.45) is 17.3 Å². The Morgan fingerprint density at radius 2 is 2.00 bits per heavy atom. The highest BCUT2D eigenvalue weighted by Gasteiger charge is 2.98. The van der Waals surface area contributed by atoms with Crippen molar-refractivity contribution in [1.82, 2.24) is 14.6 Å². The largest absolute Gasteiger partial charge is 0.462 e. The number of hydrogen-bond donors (Lipinski definition) is 3. The minimum Gasteiger partial charge on any atom is -0.462 e. The second-order valence-corrected chi connectivity index (χ2v) is 12.4. The van der Waals surface area contributed by atoms with Crippen LogP contribution in [0, 0.1) is 17.3 Å². The number of para-hydroxylation sites is 1. The number of ether oxygens (including phenoxy) is 2. The van der Waals surface area contributed by atoms with Crippen LogP contribution < -0.4 is 21.0 Å². The number of nitrogens with one attached hydrogen (secondary N) is 1. The van der Waals surface area contributed by atoms with Crippen LogP contribution in [0.3, 0.4) is 0 Å². The van der Waals surface area contributed by atoms with Crippen molar-refractivity contribution < 1.29 is 37.4 Å². The lowest BCUT2D eigenvalue weighted by atomic mass is 9.95. The van der Waals surface area contributed by atoms with Gasteiger partial charge in [0.15, 0.2) is 0 Å². The molecular formula is C25H32FN4O8P. The maximum Gasteiger partial charge on any atom is 0.459 e. The minimum absolute atomic E-state index is 0.00591. The van der Waals surface area contributed by atoms with E-state index in [2.05, 4.69) is 10.1 Å². The predicted octanol–water partition coefficient (Wildman–Crippen LogP) is 2.19. The van der Waals surface area contributed by atoms with Gasteiger partial charge in [0.05, 0.1) is 24.2 Å². The average Bonchev–Trinajstić information content (AvgIpc) is 3.60. The Balaban J connectivity index is 1.43. The quantitative estimate of drug-likeness (QED) is 0.270. The Hall–Kier alpha value is -2.83. The summed E-state index contributed by atoms with van der Waals surface area (Å²) < 4.78 is 53.8. The topological polar surface area (TPSA) is 164 Å². The molecule has 4 N–H and O–H groups in total. The highest BCUT2D eigenvalue weighted by molar-refractivity contribution is 7.52. The number of esters is 1. The van der Waals surface area contributed by atoms with Gasteiger partial charge in [-0.25, -0.2) is 13.8 Å². The van der Waals surface area contributed by atoms with Crippen molar-refractivity contribution >= 4 is 19.5 Å². The Morgan fingerprint density at radius 3 is 2.62 bits per heavy atom. The maximum absolute atomic E-state index is 16.0. The number of hydrogen-bond acceptors (Lipinski definition) is 10. The number of aromatic nitrogens is 2. The number of nitrogen functional groups attached to an aromatic ring is 1. The monoisotopic (exact) mass is 566 g/mol. The van der Waals surface area contributed by atoms with E-state index in [1.165, 1.54) is 19.2 Å². The maximum atomic E-state index is 16.0. The number of nitrogens with two attached hydrogens (primary N) is 1. The Bertz CT molecular complexity index is 1380. The lowest BCUT2D eigenvalue weighted by Gasteiger charge is -2.26. The molecule has 2 heterocycles. The van der Waals surface area contributed by atoms with Crippen LogP contribution in [0.1, 0.15) is 33.7 Å². The standard InChI is InChI=1S/C25H32FN4O8P/c1-14(2)36-21(32)15(3)29-39(34,37-16-8-6-5-7-9-16)35-13-24-17(12-31)23(24,4)38-25(26)19(24)20(25)30-11-10-18(27)28-22(30)33/h5-11,14-15,17,19-20,31H,12-13H2,1-4H3,(H,29,34)(H2,27,28,33)/t15-,17-,19?,20+,23?,24?,25?,39?/m0/s1. The lowest BCUT2D eigenvalue weighted by molar-refractivity contribution is -0.149. The van der Waals surface area contributed by atoms with E-state index in [-0.39, 0.29) is 24.8 Å². The molecule has 39 heavy (non-hydrogen) atoms. The van der Waals surface area contributed by atoms with Crippen molar-refractivity contribution in [3.05, 3.63) is 53.1 Å². The zero-order valence-corrected chi connectivity index (χ0v) is 22.8. The molecule has 5 unspecified atom stereocenters. The van der Waals surface area contributed by atoms with Crippen LogP contribution in [0.15, 0.2) is 47.4 Å². The number of rotatable bonds is 11. The average molecular weight is 567 g/mol. The Morgan fingerprint density at radius 1 is 1.31 bits per heavy atom. The zero-order chi connectivity index (χ0) is 28.4. The number of alkyl halides is 1. The smallest absolute Gasteiger partial charge is 0.459 e. The summed E-state index contributed by atoms with van der Waals surface area (Å²) in [6, 6.07) is 7.46. The van der Waals surface area contributed by atoms with E-state index in [9.17, 15) is 19.3 Å². The summed E-state index contributed by atoms with van der Waals surface area (Å²) in [5, 5.41) is 12.8. The van der Waals surface area contributed by atoms with Gasteiger partial charge in [0.25, 0.3) is 0 Å². The second-order valence-electron chi connectivity index (χ2n) is 10.7. The molecule has 2 aliphatic carbocycles. The number of carbonyl (C=O) groups excluding carboxylic acids is 1. The molecule has 212 valence electrons. The SMILES string of the molecule is CC(C)OC(=O)[C@H](C)NP(=O)(OCC12C3[C@@H](n4ccc(N)nc4=O)C3(F)OC1(C)[C@@H]2CO)Oc1ccccc1. The van der Waals surface area contributed by atoms with Crippen molar-refractivity contribution in [2.75, 3.05) is 18.9 Å². The first-order valence-electron chi connectivity index (χ1n) is 12.6. The Kier molecular flexibility index (Phi) is 6.67. The van der Waals surface area contributed by atoms with E-state index < -0.39 is 66.3 Å². The molecule has 1 saturated heterocycles.